The summed E-state index contributed by atoms with van der Waals surface area (Å²) in [6, 6.07) is 27.9. The average Bonchev–Trinajstić information content (AvgIpc) is 3.75. The number of ether oxygens (including phenoxy) is 1. The lowest BCUT2D eigenvalue weighted by Gasteiger charge is -2.28. The number of Topliss-reactive ketones (excluding diaryl/α,β-unsaturated/α-hetero) is 1. The molecule has 2 saturated carbocycles. The number of imide groups is 1. The zero-order valence-corrected chi connectivity index (χ0v) is 26.3. The van der Waals surface area contributed by atoms with Crippen LogP contribution in [0.15, 0.2) is 108 Å². The van der Waals surface area contributed by atoms with Crippen molar-refractivity contribution in [2.45, 2.75) is 30.6 Å². The lowest BCUT2D eigenvalue weighted by Crippen LogP contribution is -2.33. The Morgan fingerprint density at radius 1 is 0.766 bits per heavy atom. The van der Waals surface area contributed by atoms with Gasteiger partial charge in [-0.05, 0) is 104 Å². The summed E-state index contributed by atoms with van der Waals surface area (Å²) in [7, 11) is -4.04. The molecular weight excluding hydrogens is 618 g/mol. The summed E-state index contributed by atoms with van der Waals surface area (Å²) in [5, 5.41) is 0. The average molecular weight is 650 g/mol. The first-order chi connectivity index (χ1) is 22.6. The molecule has 1 saturated heterocycles. The van der Waals surface area contributed by atoms with Gasteiger partial charge in [0.1, 0.15) is 10.6 Å². The Hall–Kier alpha value is -5.09. The molecule has 3 aliphatic rings. The van der Waals surface area contributed by atoms with E-state index in [1.54, 1.807) is 24.3 Å². The van der Waals surface area contributed by atoms with E-state index in [4.69, 9.17) is 8.92 Å². The van der Waals surface area contributed by atoms with E-state index in [0.29, 0.717) is 5.69 Å². The molecule has 2 aliphatic carbocycles. The predicted molar refractivity (Wildman–Crippen MR) is 171 cm³/mol. The van der Waals surface area contributed by atoms with Crippen LogP contribution in [-0.4, -0.2) is 38.6 Å². The Balaban J connectivity index is 0.954. The normalized spacial score (nSPS) is 23.1. The maximum atomic E-state index is 13.6. The minimum atomic E-state index is -4.04. The van der Waals surface area contributed by atoms with Crippen molar-refractivity contribution >= 4 is 39.4 Å². The zero-order valence-electron chi connectivity index (χ0n) is 25.4. The highest BCUT2D eigenvalue weighted by molar-refractivity contribution is 7.87. The first-order valence-corrected chi connectivity index (χ1v) is 16.9. The fourth-order valence-electron chi connectivity index (χ4n) is 7.42. The summed E-state index contributed by atoms with van der Waals surface area (Å²) in [6.45, 7) is 1.30. The first kappa shape index (κ1) is 30.6. The SMILES string of the molecule is Cc1ccc(S(=O)(=O)Oc2ccc(C(=O)COC(=O)c3ccc(N4C(=O)[C@@H]5[C@@H]6C[C@@H]([C@@H]5C4=O)[C@@H](c4ccccc4)C6)cc3)cc2)cc1. The quantitative estimate of drug-likeness (QED) is 0.0975. The number of esters is 1. The van der Waals surface area contributed by atoms with Gasteiger partial charge in [-0.2, -0.15) is 8.42 Å². The Bertz CT molecular complexity index is 1970. The summed E-state index contributed by atoms with van der Waals surface area (Å²) in [5.41, 5.74) is 2.90. The van der Waals surface area contributed by atoms with Crippen LogP contribution >= 0.6 is 0 Å². The van der Waals surface area contributed by atoms with E-state index in [9.17, 15) is 27.6 Å². The van der Waals surface area contributed by atoms with Gasteiger partial charge in [-0.3, -0.25) is 19.3 Å². The van der Waals surface area contributed by atoms with Gasteiger partial charge in [0.25, 0.3) is 0 Å². The van der Waals surface area contributed by atoms with Crippen molar-refractivity contribution in [2.75, 3.05) is 11.5 Å². The molecule has 4 aromatic rings. The van der Waals surface area contributed by atoms with Crippen LogP contribution in [0.3, 0.4) is 0 Å². The molecule has 5 atom stereocenters. The van der Waals surface area contributed by atoms with E-state index >= 15 is 0 Å². The van der Waals surface area contributed by atoms with Gasteiger partial charge in [-0.25, -0.2) is 4.79 Å². The molecule has 4 aromatic carbocycles. The van der Waals surface area contributed by atoms with E-state index in [-0.39, 0.29) is 63.2 Å². The monoisotopic (exact) mass is 649 g/mol. The molecule has 0 unspecified atom stereocenters. The second-order valence-electron chi connectivity index (χ2n) is 12.4. The summed E-state index contributed by atoms with van der Waals surface area (Å²) in [5.74, 6) is -1.62. The molecule has 3 fully saturated rings. The fraction of sp³-hybridized carbons (Fsp3) is 0.243. The molecule has 238 valence electrons. The molecule has 1 aliphatic heterocycles. The fourth-order valence-corrected chi connectivity index (χ4v) is 8.35. The topological polar surface area (TPSA) is 124 Å². The third kappa shape index (κ3) is 5.63. The lowest BCUT2D eigenvalue weighted by atomic mass is 9.73. The number of anilines is 1. The highest BCUT2D eigenvalue weighted by atomic mass is 32.2. The Labute approximate surface area is 272 Å². The van der Waals surface area contributed by atoms with Crippen molar-refractivity contribution < 1.29 is 36.5 Å². The second-order valence-corrected chi connectivity index (χ2v) is 13.9. The Morgan fingerprint density at radius 3 is 2.09 bits per heavy atom. The largest absolute Gasteiger partial charge is 0.454 e. The summed E-state index contributed by atoms with van der Waals surface area (Å²) < 4.78 is 35.4. The Morgan fingerprint density at radius 2 is 1.40 bits per heavy atom. The van der Waals surface area contributed by atoms with Crippen LogP contribution in [0.2, 0.25) is 0 Å². The molecule has 10 heteroatoms. The van der Waals surface area contributed by atoms with Gasteiger partial charge >= 0.3 is 16.1 Å². The third-order valence-corrected chi connectivity index (χ3v) is 10.9. The van der Waals surface area contributed by atoms with Crippen molar-refractivity contribution in [3.63, 3.8) is 0 Å². The number of carbonyl (C=O) groups excluding carboxylic acids is 4. The number of hydrogen-bond acceptors (Lipinski definition) is 8. The number of fused-ring (bicyclic) bond motifs is 5. The van der Waals surface area contributed by atoms with Crippen LogP contribution in [0.1, 0.15) is 50.6 Å². The Kier molecular flexibility index (Phi) is 7.76. The number of ketones is 1. The van der Waals surface area contributed by atoms with E-state index in [1.807, 2.05) is 25.1 Å². The zero-order chi connectivity index (χ0) is 32.9. The number of carbonyl (C=O) groups is 4. The smallest absolute Gasteiger partial charge is 0.339 e. The van der Waals surface area contributed by atoms with E-state index in [1.165, 1.54) is 59.0 Å². The van der Waals surface area contributed by atoms with Crippen LogP contribution in [-0.2, 0) is 24.4 Å². The molecular formula is C37H31NO8S. The molecule has 2 amide bonds. The highest BCUT2D eigenvalue weighted by Crippen LogP contribution is 2.61. The van der Waals surface area contributed by atoms with Gasteiger partial charge in [-0.1, -0.05) is 48.0 Å². The van der Waals surface area contributed by atoms with Crippen molar-refractivity contribution in [3.8, 4) is 5.75 Å². The highest BCUT2D eigenvalue weighted by Gasteiger charge is 2.64. The van der Waals surface area contributed by atoms with Crippen molar-refractivity contribution in [1.82, 2.24) is 0 Å². The maximum absolute atomic E-state index is 13.6. The van der Waals surface area contributed by atoms with Crippen molar-refractivity contribution in [2.24, 2.45) is 23.7 Å². The summed E-state index contributed by atoms with van der Waals surface area (Å²) in [4.78, 5) is 53.7. The summed E-state index contributed by atoms with van der Waals surface area (Å²) in [6.07, 6.45) is 1.79. The van der Waals surface area contributed by atoms with E-state index in [2.05, 4.69) is 12.1 Å². The number of nitrogens with zero attached hydrogens (tertiary/aromatic N) is 1. The van der Waals surface area contributed by atoms with Gasteiger partial charge in [0, 0.05) is 5.56 Å². The number of hydrogen-bond donors (Lipinski definition) is 0. The van der Waals surface area contributed by atoms with Gasteiger partial charge in [0.05, 0.1) is 23.1 Å². The molecule has 9 nitrogen and oxygen atoms in total. The number of aryl methyl sites for hydroxylation is 1. The van der Waals surface area contributed by atoms with Gasteiger partial charge in [0.2, 0.25) is 11.8 Å². The molecule has 2 bridgehead atoms. The van der Waals surface area contributed by atoms with Crippen LogP contribution in [0.5, 0.6) is 5.75 Å². The van der Waals surface area contributed by atoms with Crippen LogP contribution in [0.25, 0.3) is 0 Å². The van der Waals surface area contributed by atoms with Crippen molar-refractivity contribution in [1.29, 1.82) is 0 Å². The van der Waals surface area contributed by atoms with Gasteiger partial charge < -0.3 is 8.92 Å². The van der Waals surface area contributed by atoms with Crippen LogP contribution in [0.4, 0.5) is 5.69 Å². The van der Waals surface area contributed by atoms with Gasteiger partial charge in [0.15, 0.2) is 12.4 Å². The maximum Gasteiger partial charge on any atom is 0.339 e. The van der Waals surface area contributed by atoms with E-state index in [0.717, 1.165) is 18.4 Å². The minimum Gasteiger partial charge on any atom is -0.454 e. The first-order valence-electron chi connectivity index (χ1n) is 15.4. The minimum absolute atomic E-state index is 0.00765. The molecule has 0 N–H and O–H groups in total. The number of rotatable bonds is 9. The standard InChI is InChI=1S/C37H31NO8S/c1-22-7-17-29(18-8-22)47(43,44)46-28-15-11-24(12-16-28)32(39)21-45-37(42)25-9-13-27(14-10-25)38-35(40)33-26-19-30(23-5-3-2-4-6-23)31(20-26)34(33)36(38)41/h2-18,26,30-31,33-34H,19-21H2,1H3/t26-,30+,31+,33+,34-/m0/s1. The molecule has 0 radical (unpaired) electrons. The molecule has 7 rings (SSSR count). The molecule has 0 aromatic heterocycles. The van der Waals surface area contributed by atoms with E-state index < -0.39 is 28.5 Å². The van der Waals surface area contributed by atoms with Gasteiger partial charge in [-0.15, -0.1) is 0 Å². The number of benzene rings is 4. The van der Waals surface area contributed by atoms with Crippen LogP contribution < -0.4 is 9.08 Å². The molecule has 1 heterocycles. The predicted octanol–water partition coefficient (Wildman–Crippen LogP) is 5.73. The molecule has 47 heavy (non-hydrogen) atoms. The third-order valence-electron chi connectivity index (χ3n) is 9.63. The van der Waals surface area contributed by atoms with Crippen LogP contribution in [0, 0.1) is 30.6 Å². The number of amides is 2. The summed E-state index contributed by atoms with van der Waals surface area (Å²) >= 11 is 0. The second kappa shape index (κ2) is 11.9. The molecule has 0 spiro atoms. The van der Waals surface area contributed by atoms with Crippen molar-refractivity contribution in [3.05, 3.63) is 125 Å². The lowest BCUT2D eigenvalue weighted by molar-refractivity contribution is -0.123.